The minimum absolute atomic E-state index is 0.199. The first-order valence-electron chi connectivity index (χ1n) is 5.07. The van der Waals surface area contributed by atoms with Crippen LogP contribution in [0.3, 0.4) is 0 Å². The Balaban J connectivity index is 2.10. The van der Waals surface area contributed by atoms with E-state index >= 15 is 0 Å². The van der Waals surface area contributed by atoms with E-state index in [1.54, 1.807) is 19.3 Å². The standard InChI is InChI=1S/C10H10BrN5O2/c1-12-9-7(2-6(11)3-13-9)10(17)14-4-8-15-5-18-16-8/h2-3,5H,4H2,1H3,(H,12,13)(H,14,17). The third-order valence-electron chi connectivity index (χ3n) is 2.15. The minimum atomic E-state index is -0.266. The summed E-state index contributed by atoms with van der Waals surface area (Å²) >= 11 is 3.27. The Bertz CT molecular complexity index is 543. The van der Waals surface area contributed by atoms with Gasteiger partial charge in [0.15, 0.2) is 5.82 Å². The number of aromatic nitrogens is 3. The molecule has 0 fully saturated rings. The molecule has 0 radical (unpaired) electrons. The fourth-order valence-electron chi connectivity index (χ4n) is 1.34. The summed E-state index contributed by atoms with van der Waals surface area (Å²) in [5.41, 5.74) is 0.440. The van der Waals surface area contributed by atoms with Gasteiger partial charge in [0.25, 0.3) is 5.91 Å². The smallest absolute Gasteiger partial charge is 0.255 e. The van der Waals surface area contributed by atoms with Crippen molar-refractivity contribution in [3.8, 4) is 0 Å². The third-order valence-corrected chi connectivity index (χ3v) is 2.58. The molecule has 0 saturated carbocycles. The molecule has 0 aliphatic heterocycles. The summed E-state index contributed by atoms with van der Waals surface area (Å²) in [6.07, 6.45) is 2.82. The van der Waals surface area contributed by atoms with E-state index in [0.29, 0.717) is 17.2 Å². The highest BCUT2D eigenvalue weighted by Gasteiger charge is 2.13. The molecule has 2 heterocycles. The van der Waals surface area contributed by atoms with Crippen LogP contribution in [0.4, 0.5) is 5.82 Å². The number of amides is 1. The van der Waals surface area contributed by atoms with Crippen LogP contribution in [0.15, 0.2) is 27.7 Å². The maximum Gasteiger partial charge on any atom is 0.255 e. The Hall–Kier alpha value is -1.96. The van der Waals surface area contributed by atoms with Crippen LogP contribution in [0.25, 0.3) is 0 Å². The summed E-state index contributed by atoms with van der Waals surface area (Å²) < 4.78 is 5.30. The first-order valence-corrected chi connectivity index (χ1v) is 5.86. The maximum absolute atomic E-state index is 12.0. The number of nitrogens with zero attached hydrogens (tertiary/aromatic N) is 3. The van der Waals surface area contributed by atoms with Crippen LogP contribution in [0.5, 0.6) is 0 Å². The van der Waals surface area contributed by atoms with E-state index in [1.165, 1.54) is 6.39 Å². The molecule has 0 saturated heterocycles. The molecule has 8 heteroatoms. The molecule has 2 aromatic heterocycles. The summed E-state index contributed by atoms with van der Waals surface area (Å²) in [5.74, 6) is 0.652. The molecular formula is C10H10BrN5O2. The van der Waals surface area contributed by atoms with Gasteiger partial charge >= 0.3 is 0 Å². The lowest BCUT2D eigenvalue weighted by molar-refractivity contribution is 0.0950. The molecule has 2 N–H and O–H groups in total. The molecule has 7 nitrogen and oxygen atoms in total. The maximum atomic E-state index is 12.0. The summed E-state index contributed by atoms with van der Waals surface area (Å²) in [4.78, 5) is 19.9. The van der Waals surface area contributed by atoms with Gasteiger partial charge in [-0.3, -0.25) is 4.79 Å². The predicted molar refractivity (Wildman–Crippen MR) is 67.0 cm³/mol. The second kappa shape index (κ2) is 5.58. The van der Waals surface area contributed by atoms with Crippen molar-refractivity contribution in [2.75, 3.05) is 12.4 Å². The number of carbonyl (C=O) groups is 1. The van der Waals surface area contributed by atoms with Gasteiger partial charge in [-0.05, 0) is 22.0 Å². The molecule has 0 unspecified atom stereocenters. The van der Waals surface area contributed by atoms with Gasteiger partial charge in [-0.2, -0.15) is 4.98 Å². The average Bonchev–Trinajstić information content (AvgIpc) is 2.89. The van der Waals surface area contributed by atoms with Gasteiger partial charge in [-0.1, -0.05) is 5.16 Å². The lowest BCUT2D eigenvalue weighted by atomic mass is 10.2. The summed E-state index contributed by atoms with van der Waals surface area (Å²) in [6.45, 7) is 0.199. The quantitative estimate of drug-likeness (QED) is 0.881. The fourth-order valence-corrected chi connectivity index (χ4v) is 1.67. The lowest BCUT2D eigenvalue weighted by Gasteiger charge is -2.08. The van der Waals surface area contributed by atoms with Crippen LogP contribution < -0.4 is 10.6 Å². The topological polar surface area (TPSA) is 92.9 Å². The molecule has 2 rings (SSSR count). The number of rotatable bonds is 4. The third kappa shape index (κ3) is 2.83. The monoisotopic (exact) mass is 311 g/mol. The number of halogens is 1. The van der Waals surface area contributed by atoms with Crippen LogP contribution in [0.2, 0.25) is 0 Å². The van der Waals surface area contributed by atoms with E-state index in [0.717, 1.165) is 4.47 Å². The van der Waals surface area contributed by atoms with Crippen LogP contribution in [-0.4, -0.2) is 28.1 Å². The van der Waals surface area contributed by atoms with Crippen LogP contribution in [0, 0.1) is 0 Å². The molecule has 0 spiro atoms. The summed E-state index contributed by atoms with van der Waals surface area (Å²) in [6, 6.07) is 1.68. The highest BCUT2D eigenvalue weighted by molar-refractivity contribution is 9.10. The number of pyridine rings is 1. The number of hydrogen-bond donors (Lipinski definition) is 2. The van der Waals surface area contributed by atoms with E-state index < -0.39 is 0 Å². The first kappa shape index (κ1) is 12.5. The Morgan fingerprint density at radius 1 is 1.50 bits per heavy atom. The highest BCUT2D eigenvalue weighted by atomic mass is 79.9. The van der Waals surface area contributed by atoms with E-state index in [1.807, 2.05) is 0 Å². The molecule has 0 atom stereocenters. The van der Waals surface area contributed by atoms with Crippen molar-refractivity contribution < 1.29 is 9.32 Å². The van der Waals surface area contributed by atoms with Gasteiger partial charge in [0.05, 0.1) is 12.1 Å². The molecular weight excluding hydrogens is 302 g/mol. The molecule has 94 valence electrons. The fraction of sp³-hybridized carbons (Fsp3) is 0.200. The zero-order valence-electron chi connectivity index (χ0n) is 9.48. The highest BCUT2D eigenvalue weighted by Crippen LogP contribution is 2.17. The van der Waals surface area contributed by atoms with Crippen molar-refractivity contribution in [3.05, 3.63) is 34.5 Å². The number of hydrogen-bond acceptors (Lipinski definition) is 6. The predicted octanol–water partition coefficient (Wildman–Crippen LogP) is 1.20. The molecule has 0 aliphatic rings. The number of anilines is 1. The average molecular weight is 312 g/mol. The van der Waals surface area contributed by atoms with Crippen LogP contribution in [-0.2, 0) is 6.54 Å². The molecule has 0 aromatic carbocycles. The normalized spacial score (nSPS) is 10.1. The molecule has 18 heavy (non-hydrogen) atoms. The summed E-state index contributed by atoms with van der Waals surface area (Å²) in [5, 5.41) is 9.13. The van der Waals surface area contributed by atoms with Gasteiger partial charge in [-0.25, -0.2) is 4.98 Å². The van der Waals surface area contributed by atoms with Gasteiger partial charge in [0.2, 0.25) is 6.39 Å². The summed E-state index contributed by atoms with van der Waals surface area (Å²) in [7, 11) is 1.70. The number of nitrogens with one attached hydrogen (secondary N) is 2. The Labute approximate surface area is 111 Å². The largest absolute Gasteiger partial charge is 0.372 e. The van der Waals surface area contributed by atoms with E-state index in [9.17, 15) is 4.79 Å². The SMILES string of the molecule is CNc1ncc(Br)cc1C(=O)NCc1ncon1. The molecule has 2 aromatic rings. The van der Waals surface area contributed by atoms with Gasteiger partial charge < -0.3 is 15.2 Å². The van der Waals surface area contributed by atoms with Gasteiger partial charge in [0.1, 0.15) is 5.82 Å². The van der Waals surface area contributed by atoms with Crippen molar-refractivity contribution in [1.29, 1.82) is 0 Å². The van der Waals surface area contributed by atoms with Crippen molar-refractivity contribution in [2.24, 2.45) is 0 Å². The Morgan fingerprint density at radius 2 is 2.33 bits per heavy atom. The Kier molecular flexibility index (Phi) is 3.88. The molecule has 0 bridgehead atoms. The van der Waals surface area contributed by atoms with Gasteiger partial charge in [0, 0.05) is 17.7 Å². The Morgan fingerprint density at radius 3 is 3.00 bits per heavy atom. The van der Waals surface area contributed by atoms with Crippen molar-refractivity contribution in [3.63, 3.8) is 0 Å². The number of carbonyl (C=O) groups excluding carboxylic acids is 1. The zero-order valence-corrected chi connectivity index (χ0v) is 11.1. The molecule has 1 amide bonds. The minimum Gasteiger partial charge on any atom is -0.372 e. The molecule has 0 aliphatic carbocycles. The van der Waals surface area contributed by atoms with E-state index in [2.05, 4.69) is 46.2 Å². The lowest BCUT2D eigenvalue weighted by Crippen LogP contribution is -2.24. The second-order valence-corrected chi connectivity index (χ2v) is 4.25. The van der Waals surface area contributed by atoms with Gasteiger partial charge in [-0.15, -0.1) is 0 Å². The van der Waals surface area contributed by atoms with Crippen molar-refractivity contribution in [2.45, 2.75) is 6.54 Å². The first-order chi connectivity index (χ1) is 8.70. The van der Waals surface area contributed by atoms with Crippen LogP contribution >= 0.6 is 15.9 Å². The van der Waals surface area contributed by atoms with E-state index in [4.69, 9.17) is 0 Å². The van der Waals surface area contributed by atoms with E-state index in [-0.39, 0.29) is 12.5 Å². The van der Waals surface area contributed by atoms with Crippen LogP contribution in [0.1, 0.15) is 16.2 Å². The zero-order chi connectivity index (χ0) is 13.0. The van der Waals surface area contributed by atoms with Crippen molar-refractivity contribution in [1.82, 2.24) is 20.4 Å². The second-order valence-electron chi connectivity index (χ2n) is 3.33. The van der Waals surface area contributed by atoms with Crippen molar-refractivity contribution >= 4 is 27.7 Å².